The van der Waals surface area contributed by atoms with Gasteiger partial charge in [0, 0.05) is 15.1 Å². The van der Waals surface area contributed by atoms with Crippen LogP contribution in [0.15, 0.2) is 39.4 Å². The number of hydrogen-bond acceptors (Lipinski definition) is 1. The van der Waals surface area contributed by atoms with Gasteiger partial charge in [0.1, 0.15) is 11.5 Å². The summed E-state index contributed by atoms with van der Waals surface area (Å²) in [4.78, 5) is 11.1. The lowest BCUT2D eigenvalue weighted by Gasteiger charge is -2.08. The largest absolute Gasteiger partial charge is 0.477 e. The molecule has 0 amide bonds. The second kappa shape index (κ2) is 4.62. The van der Waals surface area contributed by atoms with Gasteiger partial charge in [-0.15, -0.1) is 0 Å². The van der Waals surface area contributed by atoms with Crippen molar-refractivity contribution in [1.82, 2.24) is 4.57 Å². The summed E-state index contributed by atoms with van der Waals surface area (Å²) in [5.41, 5.74) is 0.497. The molecule has 0 saturated carbocycles. The van der Waals surface area contributed by atoms with Crippen molar-refractivity contribution in [3.8, 4) is 5.69 Å². The van der Waals surface area contributed by atoms with Gasteiger partial charge in [0.05, 0.1) is 5.69 Å². The van der Waals surface area contributed by atoms with Gasteiger partial charge in [-0.05, 0) is 56.1 Å². The number of carboxylic acids is 1. The second-order valence-electron chi connectivity index (χ2n) is 3.31. The van der Waals surface area contributed by atoms with E-state index < -0.39 is 11.8 Å². The van der Waals surface area contributed by atoms with Crippen molar-refractivity contribution in [3.63, 3.8) is 0 Å². The standard InChI is InChI=1S/C11H6Br2FNO2/c12-6-3-10(11(16)17)15(5-6)9-4-7(14)1-2-8(9)13/h1-5H,(H,16,17). The number of nitrogens with zero attached hydrogens (tertiary/aromatic N) is 1. The molecule has 1 aromatic heterocycles. The molecule has 17 heavy (non-hydrogen) atoms. The van der Waals surface area contributed by atoms with Crippen molar-refractivity contribution in [2.24, 2.45) is 0 Å². The van der Waals surface area contributed by atoms with E-state index >= 15 is 0 Å². The van der Waals surface area contributed by atoms with Gasteiger partial charge in [0.2, 0.25) is 0 Å². The zero-order chi connectivity index (χ0) is 12.6. The van der Waals surface area contributed by atoms with Crippen LogP contribution < -0.4 is 0 Å². The van der Waals surface area contributed by atoms with Crippen LogP contribution in [0.5, 0.6) is 0 Å². The van der Waals surface area contributed by atoms with Crippen LogP contribution in [0.1, 0.15) is 10.5 Å². The normalized spacial score (nSPS) is 10.5. The molecule has 0 aliphatic rings. The lowest BCUT2D eigenvalue weighted by molar-refractivity contribution is 0.0688. The van der Waals surface area contributed by atoms with E-state index in [1.165, 1.54) is 28.8 Å². The van der Waals surface area contributed by atoms with Crippen molar-refractivity contribution < 1.29 is 14.3 Å². The lowest BCUT2D eigenvalue weighted by Crippen LogP contribution is -2.06. The first-order chi connectivity index (χ1) is 7.99. The predicted octanol–water partition coefficient (Wildman–Crippen LogP) is 3.84. The molecule has 88 valence electrons. The van der Waals surface area contributed by atoms with E-state index in [1.54, 1.807) is 6.20 Å². The summed E-state index contributed by atoms with van der Waals surface area (Å²) in [6, 6.07) is 5.55. The summed E-state index contributed by atoms with van der Waals surface area (Å²) >= 11 is 6.46. The molecule has 0 saturated heterocycles. The summed E-state index contributed by atoms with van der Waals surface area (Å²) in [7, 11) is 0. The zero-order valence-electron chi connectivity index (χ0n) is 8.32. The first-order valence-electron chi connectivity index (χ1n) is 4.55. The summed E-state index contributed by atoms with van der Waals surface area (Å²) in [6.45, 7) is 0. The number of aromatic nitrogens is 1. The summed E-state index contributed by atoms with van der Waals surface area (Å²) in [5, 5.41) is 9.05. The van der Waals surface area contributed by atoms with Crippen LogP contribution in [-0.4, -0.2) is 15.6 Å². The fourth-order valence-corrected chi connectivity index (χ4v) is 2.32. The minimum absolute atomic E-state index is 0.0585. The highest BCUT2D eigenvalue weighted by Gasteiger charge is 2.15. The van der Waals surface area contributed by atoms with E-state index in [2.05, 4.69) is 31.9 Å². The topological polar surface area (TPSA) is 42.2 Å². The fraction of sp³-hybridized carbons (Fsp3) is 0. The van der Waals surface area contributed by atoms with Crippen LogP contribution in [-0.2, 0) is 0 Å². The zero-order valence-corrected chi connectivity index (χ0v) is 11.5. The summed E-state index contributed by atoms with van der Waals surface area (Å²) < 4.78 is 15.8. The number of aromatic carboxylic acids is 1. The molecule has 0 aliphatic heterocycles. The number of benzene rings is 1. The smallest absolute Gasteiger partial charge is 0.352 e. The Bertz CT molecular complexity index is 595. The van der Waals surface area contributed by atoms with E-state index in [-0.39, 0.29) is 5.69 Å². The van der Waals surface area contributed by atoms with Crippen LogP contribution in [0.3, 0.4) is 0 Å². The maximum absolute atomic E-state index is 13.2. The average molecular weight is 363 g/mol. The van der Waals surface area contributed by atoms with Gasteiger partial charge in [-0.25, -0.2) is 9.18 Å². The molecule has 0 atom stereocenters. The van der Waals surface area contributed by atoms with Crippen LogP contribution in [0.2, 0.25) is 0 Å². The van der Waals surface area contributed by atoms with Gasteiger partial charge >= 0.3 is 5.97 Å². The number of carboxylic acid groups (broad SMARTS) is 1. The molecule has 2 aromatic rings. The van der Waals surface area contributed by atoms with Crippen molar-refractivity contribution in [3.05, 3.63) is 50.9 Å². The Labute approximate surface area is 113 Å². The average Bonchev–Trinajstić information content (AvgIpc) is 2.64. The SMILES string of the molecule is O=C(O)c1cc(Br)cn1-c1cc(F)ccc1Br. The molecule has 1 aromatic carbocycles. The van der Waals surface area contributed by atoms with Crippen LogP contribution in [0.4, 0.5) is 4.39 Å². The minimum Gasteiger partial charge on any atom is -0.477 e. The van der Waals surface area contributed by atoms with Crippen LogP contribution >= 0.6 is 31.9 Å². The highest BCUT2D eigenvalue weighted by Crippen LogP contribution is 2.26. The highest BCUT2D eigenvalue weighted by atomic mass is 79.9. The molecule has 0 fully saturated rings. The first-order valence-corrected chi connectivity index (χ1v) is 6.14. The predicted molar refractivity (Wildman–Crippen MR) is 68.1 cm³/mol. The Kier molecular flexibility index (Phi) is 3.35. The first kappa shape index (κ1) is 12.3. The molecule has 2 rings (SSSR count). The van der Waals surface area contributed by atoms with Gasteiger partial charge in [0.15, 0.2) is 0 Å². The van der Waals surface area contributed by atoms with Gasteiger partial charge in [-0.3, -0.25) is 0 Å². The number of rotatable bonds is 2. The van der Waals surface area contributed by atoms with Crippen molar-refractivity contribution >= 4 is 37.8 Å². The Morgan fingerprint density at radius 3 is 2.65 bits per heavy atom. The second-order valence-corrected chi connectivity index (χ2v) is 5.08. The van der Waals surface area contributed by atoms with Crippen LogP contribution in [0.25, 0.3) is 5.69 Å². The number of hydrogen-bond donors (Lipinski definition) is 1. The van der Waals surface area contributed by atoms with Gasteiger partial charge in [-0.2, -0.15) is 0 Å². The highest BCUT2D eigenvalue weighted by molar-refractivity contribution is 9.10. The molecular formula is C11H6Br2FNO2. The minimum atomic E-state index is -1.08. The van der Waals surface area contributed by atoms with Crippen molar-refractivity contribution in [1.29, 1.82) is 0 Å². The van der Waals surface area contributed by atoms with Crippen LogP contribution in [0, 0.1) is 5.82 Å². The number of carbonyl (C=O) groups is 1. The van der Waals surface area contributed by atoms with Gasteiger partial charge in [-0.1, -0.05) is 0 Å². The van der Waals surface area contributed by atoms with Crippen molar-refractivity contribution in [2.45, 2.75) is 0 Å². The Morgan fingerprint density at radius 1 is 1.29 bits per heavy atom. The lowest BCUT2D eigenvalue weighted by atomic mass is 10.3. The quantitative estimate of drug-likeness (QED) is 0.881. The maximum Gasteiger partial charge on any atom is 0.352 e. The van der Waals surface area contributed by atoms with E-state index in [9.17, 15) is 9.18 Å². The monoisotopic (exact) mass is 361 g/mol. The summed E-state index contributed by atoms with van der Waals surface area (Å²) in [6.07, 6.45) is 1.57. The summed E-state index contributed by atoms with van der Waals surface area (Å²) in [5.74, 6) is -1.50. The Hall–Kier alpha value is -1.14. The van der Waals surface area contributed by atoms with Crippen molar-refractivity contribution in [2.75, 3.05) is 0 Å². The van der Waals surface area contributed by atoms with Gasteiger partial charge in [0.25, 0.3) is 0 Å². The third-order valence-corrected chi connectivity index (χ3v) is 3.28. The molecule has 1 heterocycles. The molecule has 0 radical (unpaired) electrons. The molecule has 0 aliphatic carbocycles. The Morgan fingerprint density at radius 2 is 2.00 bits per heavy atom. The van der Waals surface area contributed by atoms with Gasteiger partial charge < -0.3 is 9.67 Å². The third kappa shape index (κ3) is 2.42. The van der Waals surface area contributed by atoms with E-state index in [0.717, 1.165) is 0 Å². The molecule has 0 spiro atoms. The Balaban J connectivity index is 2.67. The number of halogens is 3. The van der Waals surface area contributed by atoms with E-state index in [0.29, 0.717) is 14.6 Å². The van der Waals surface area contributed by atoms with E-state index in [1.807, 2.05) is 0 Å². The molecule has 1 N–H and O–H groups in total. The molecule has 0 bridgehead atoms. The maximum atomic E-state index is 13.2. The van der Waals surface area contributed by atoms with E-state index in [4.69, 9.17) is 5.11 Å². The molecule has 3 nitrogen and oxygen atoms in total. The molecular weight excluding hydrogens is 357 g/mol. The molecule has 0 unspecified atom stereocenters. The molecule has 6 heteroatoms. The fourth-order valence-electron chi connectivity index (χ4n) is 1.46. The third-order valence-electron chi connectivity index (χ3n) is 2.17.